The van der Waals surface area contributed by atoms with E-state index in [4.69, 9.17) is 0 Å². The molecule has 2 aromatic rings. The number of aryl methyl sites for hydroxylation is 1. The molecule has 1 aromatic carbocycles. The van der Waals surface area contributed by atoms with Crippen LogP contribution in [0.3, 0.4) is 0 Å². The van der Waals surface area contributed by atoms with Crippen LogP contribution in [0.4, 0.5) is 0 Å². The van der Waals surface area contributed by atoms with Crippen molar-refractivity contribution in [3.8, 4) is 10.4 Å². The van der Waals surface area contributed by atoms with Crippen LogP contribution in [-0.2, 0) is 10.2 Å². The Morgan fingerprint density at radius 3 is 2.68 bits per heavy atom. The van der Waals surface area contributed by atoms with E-state index in [-0.39, 0.29) is 18.1 Å². The average Bonchev–Trinajstić information content (AvgIpc) is 3.29. The first-order valence-electron chi connectivity index (χ1n) is 8.52. The summed E-state index contributed by atoms with van der Waals surface area (Å²) >= 11 is 1.63. The van der Waals surface area contributed by atoms with Crippen LogP contribution < -0.4 is 5.32 Å². The Morgan fingerprint density at radius 1 is 1.32 bits per heavy atom. The zero-order valence-electron chi connectivity index (χ0n) is 14.3. The molecule has 0 aliphatic carbocycles. The van der Waals surface area contributed by atoms with E-state index in [0.29, 0.717) is 19.4 Å². The van der Waals surface area contributed by atoms with Gasteiger partial charge in [0.05, 0.1) is 27.6 Å². The standard InChI is InChI=1S/C19H21N3O2S/c1-11-17(25-10-21-11)12-3-5-13(6-4-12)19(2)8-16(22-18(19)24)15-7-14(23)9-20-15/h3-6,10,14-15,20,23H,7-9H2,1-2H3/t14-,15?,19?/m1/s1. The minimum absolute atomic E-state index is 0.0138. The van der Waals surface area contributed by atoms with Gasteiger partial charge in [-0.3, -0.25) is 4.79 Å². The van der Waals surface area contributed by atoms with E-state index in [0.717, 1.165) is 27.4 Å². The predicted molar refractivity (Wildman–Crippen MR) is 99.1 cm³/mol. The van der Waals surface area contributed by atoms with Crippen LogP contribution in [0, 0.1) is 6.92 Å². The number of nitrogens with zero attached hydrogens (tertiary/aromatic N) is 2. The summed E-state index contributed by atoms with van der Waals surface area (Å²) in [6, 6.07) is 8.19. The molecule has 1 amide bonds. The third-order valence-electron chi connectivity index (χ3n) is 5.29. The molecule has 2 unspecified atom stereocenters. The molecule has 4 rings (SSSR count). The number of amides is 1. The van der Waals surface area contributed by atoms with E-state index in [2.05, 4.69) is 27.4 Å². The van der Waals surface area contributed by atoms with Crippen molar-refractivity contribution in [3.63, 3.8) is 0 Å². The smallest absolute Gasteiger partial charge is 0.256 e. The molecule has 2 N–H and O–H groups in total. The molecule has 0 spiro atoms. The lowest BCUT2D eigenvalue weighted by Crippen LogP contribution is -2.33. The topological polar surface area (TPSA) is 74.6 Å². The second kappa shape index (κ2) is 6.12. The number of hydrogen-bond acceptors (Lipinski definition) is 5. The summed E-state index contributed by atoms with van der Waals surface area (Å²) in [5, 5.41) is 13.0. The number of hydrogen-bond donors (Lipinski definition) is 2. The van der Waals surface area contributed by atoms with Gasteiger partial charge in [-0.15, -0.1) is 11.3 Å². The molecule has 130 valence electrons. The van der Waals surface area contributed by atoms with Gasteiger partial charge in [0.1, 0.15) is 0 Å². The number of β-amino-alcohol motifs (C(OH)–C–C–N with tert-alkyl or cyclic N) is 1. The second-order valence-corrected chi connectivity index (χ2v) is 7.97. The summed E-state index contributed by atoms with van der Waals surface area (Å²) in [7, 11) is 0. The van der Waals surface area contributed by atoms with Gasteiger partial charge in [-0.2, -0.15) is 0 Å². The van der Waals surface area contributed by atoms with Crippen LogP contribution >= 0.6 is 11.3 Å². The maximum absolute atomic E-state index is 12.6. The molecule has 0 saturated carbocycles. The molecule has 6 heteroatoms. The Morgan fingerprint density at radius 2 is 2.08 bits per heavy atom. The van der Waals surface area contributed by atoms with Gasteiger partial charge in [0, 0.05) is 24.7 Å². The van der Waals surface area contributed by atoms with E-state index < -0.39 is 5.41 Å². The first kappa shape index (κ1) is 16.6. The lowest BCUT2D eigenvalue weighted by molar-refractivity contribution is -0.121. The summed E-state index contributed by atoms with van der Waals surface area (Å²) < 4.78 is 0. The minimum atomic E-state index is -0.619. The van der Waals surface area contributed by atoms with Crippen molar-refractivity contribution < 1.29 is 9.90 Å². The van der Waals surface area contributed by atoms with E-state index in [1.807, 2.05) is 31.5 Å². The summed E-state index contributed by atoms with van der Waals surface area (Å²) in [5.41, 5.74) is 5.24. The Bertz CT molecular complexity index is 843. The highest BCUT2D eigenvalue weighted by Gasteiger charge is 2.44. The third kappa shape index (κ3) is 2.84. The molecule has 1 saturated heterocycles. The maximum Gasteiger partial charge on any atom is 0.256 e. The van der Waals surface area contributed by atoms with Crippen LogP contribution in [0.5, 0.6) is 0 Å². The molecule has 3 atom stereocenters. The van der Waals surface area contributed by atoms with Crippen LogP contribution in [0.25, 0.3) is 10.4 Å². The second-order valence-electron chi connectivity index (χ2n) is 7.11. The Kier molecular flexibility index (Phi) is 4.06. The number of carbonyl (C=O) groups is 1. The fourth-order valence-corrected chi connectivity index (χ4v) is 4.51. The van der Waals surface area contributed by atoms with Gasteiger partial charge in [-0.05, 0) is 31.4 Å². The van der Waals surface area contributed by atoms with E-state index in [1.165, 1.54) is 0 Å². The molecular formula is C19H21N3O2S. The molecule has 2 aliphatic rings. The number of thiazole rings is 1. The fraction of sp³-hybridized carbons (Fsp3) is 0.421. The third-order valence-corrected chi connectivity index (χ3v) is 6.27. The molecule has 0 bridgehead atoms. The molecule has 5 nitrogen and oxygen atoms in total. The van der Waals surface area contributed by atoms with E-state index in [9.17, 15) is 9.90 Å². The number of aliphatic imine (C=N–C) groups is 1. The highest BCUT2D eigenvalue weighted by atomic mass is 32.1. The molecule has 25 heavy (non-hydrogen) atoms. The zero-order chi connectivity index (χ0) is 17.6. The number of aliphatic hydroxyl groups excluding tert-OH is 1. The number of benzene rings is 1. The van der Waals surface area contributed by atoms with Crippen molar-refractivity contribution in [1.29, 1.82) is 0 Å². The largest absolute Gasteiger partial charge is 0.392 e. The van der Waals surface area contributed by atoms with Gasteiger partial charge in [0.15, 0.2) is 0 Å². The molecule has 3 heterocycles. The number of aliphatic hydroxyl groups is 1. The van der Waals surface area contributed by atoms with Gasteiger partial charge >= 0.3 is 0 Å². The minimum Gasteiger partial charge on any atom is -0.392 e. The Labute approximate surface area is 150 Å². The molecular weight excluding hydrogens is 334 g/mol. The molecule has 0 radical (unpaired) electrons. The van der Waals surface area contributed by atoms with Gasteiger partial charge < -0.3 is 10.4 Å². The van der Waals surface area contributed by atoms with Gasteiger partial charge in [-0.25, -0.2) is 9.98 Å². The van der Waals surface area contributed by atoms with Gasteiger partial charge in [0.2, 0.25) is 0 Å². The summed E-state index contributed by atoms with van der Waals surface area (Å²) in [5.74, 6) is -0.0904. The van der Waals surface area contributed by atoms with E-state index in [1.54, 1.807) is 11.3 Å². The van der Waals surface area contributed by atoms with Crippen LogP contribution in [0.1, 0.15) is 31.0 Å². The first-order chi connectivity index (χ1) is 12.0. The molecule has 1 fully saturated rings. The molecule has 1 aromatic heterocycles. The number of nitrogens with one attached hydrogen (secondary N) is 1. The Hall–Kier alpha value is -1.89. The van der Waals surface area contributed by atoms with Crippen molar-refractivity contribution in [3.05, 3.63) is 41.0 Å². The van der Waals surface area contributed by atoms with Crippen molar-refractivity contribution in [2.45, 2.75) is 44.2 Å². The SMILES string of the molecule is Cc1ncsc1-c1ccc(C2(C)CC(C3C[C@@H](O)CN3)=NC2=O)cc1. The highest BCUT2D eigenvalue weighted by molar-refractivity contribution is 7.13. The van der Waals surface area contributed by atoms with Crippen molar-refractivity contribution in [2.75, 3.05) is 6.54 Å². The van der Waals surface area contributed by atoms with Crippen LogP contribution in [0.15, 0.2) is 34.8 Å². The Balaban J connectivity index is 1.57. The lowest BCUT2D eigenvalue weighted by Gasteiger charge is -2.22. The first-order valence-corrected chi connectivity index (χ1v) is 9.39. The lowest BCUT2D eigenvalue weighted by atomic mass is 9.78. The van der Waals surface area contributed by atoms with Crippen LogP contribution in [-0.4, -0.2) is 40.4 Å². The molecule has 2 aliphatic heterocycles. The fourth-order valence-electron chi connectivity index (χ4n) is 3.70. The summed E-state index contributed by atoms with van der Waals surface area (Å²) in [6.45, 7) is 4.53. The van der Waals surface area contributed by atoms with Gasteiger partial charge in [0.25, 0.3) is 5.91 Å². The maximum atomic E-state index is 12.6. The quantitative estimate of drug-likeness (QED) is 0.887. The van der Waals surface area contributed by atoms with Crippen molar-refractivity contribution in [2.24, 2.45) is 4.99 Å². The van der Waals surface area contributed by atoms with Crippen molar-refractivity contribution >= 4 is 23.0 Å². The average molecular weight is 355 g/mol. The summed E-state index contributed by atoms with van der Waals surface area (Å²) in [6.07, 6.45) is 0.887. The highest BCUT2D eigenvalue weighted by Crippen LogP contribution is 2.37. The predicted octanol–water partition coefficient (Wildman–Crippen LogP) is 2.47. The number of carbonyl (C=O) groups excluding carboxylic acids is 1. The number of rotatable bonds is 3. The monoisotopic (exact) mass is 355 g/mol. The van der Waals surface area contributed by atoms with Crippen molar-refractivity contribution in [1.82, 2.24) is 10.3 Å². The number of aromatic nitrogens is 1. The zero-order valence-corrected chi connectivity index (χ0v) is 15.1. The normalized spacial score (nSPS) is 29.2. The van der Waals surface area contributed by atoms with Crippen LogP contribution in [0.2, 0.25) is 0 Å². The van der Waals surface area contributed by atoms with E-state index >= 15 is 0 Å². The van der Waals surface area contributed by atoms with Gasteiger partial charge in [-0.1, -0.05) is 24.3 Å². The summed E-state index contributed by atoms with van der Waals surface area (Å²) in [4.78, 5) is 22.4.